The Bertz CT molecular complexity index is 891. The number of rotatable bonds is 7. The van der Waals surface area contributed by atoms with Crippen LogP contribution in [0.4, 0.5) is 17.3 Å². The lowest BCUT2D eigenvalue weighted by Crippen LogP contribution is -2.06. The van der Waals surface area contributed by atoms with Gasteiger partial charge in [-0.25, -0.2) is 9.97 Å². The molecule has 0 bridgehead atoms. The van der Waals surface area contributed by atoms with E-state index in [-0.39, 0.29) is 0 Å². The highest BCUT2D eigenvalue weighted by Gasteiger charge is 2.08. The highest BCUT2D eigenvalue weighted by atomic mass is 16.5. The largest absolute Gasteiger partial charge is 0.497 e. The number of hydrogen-bond acceptors (Lipinski definition) is 5. The fourth-order valence-corrected chi connectivity index (χ4v) is 2.91. The summed E-state index contributed by atoms with van der Waals surface area (Å²) < 4.78 is 5.20. The maximum Gasteiger partial charge on any atom is 0.136 e. The monoisotopic (exact) mass is 362 g/mol. The minimum Gasteiger partial charge on any atom is -0.497 e. The van der Waals surface area contributed by atoms with Gasteiger partial charge in [0.1, 0.15) is 23.2 Å². The lowest BCUT2D eigenvalue weighted by molar-refractivity contribution is 0.414. The van der Waals surface area contributed by atoms with Gasteiger partial charge in [-0.3, -0.25) is 0 Å². The SMILES string of the molecule is COc1ccc(CNc2cc(Nc3ccccc3C(C)C)nc(C)n2)cc1. The van der Waals surface area contributed by atoms with Crippen molar-refractivity contribution in [3.63, 3.8) is 0 Å². The summed E-state index contributed by atoms with van der Waals surface area (Å²) in [5.41, 5.74) is 3.50. The number of anilines is 3. The van der Waals surface area contributed by atoms with E-state index >= 15 is 0 Å². The van der Waals surface area contributed by atoms with E-state index in [2.05, 4.69) is 52.6 Å². The second-order valence-corrected chi connectivity index (χ2v) is 6.75. The van der Waals surface area contributed by atoms with Crippen LogP contribution in [-0.2, 0) is 6.54 Å². The van der Waals surface area contributed by atoms with Gasteiger partial charge in [0.25, 0.3) is 0 Å². The van der Waals surface area contributed by atoms with Crippen LogP contribution in [0.3, 0.4) is 0 Å². The van der Waals surface area contributed by atoms with Gasteiger partial charge in [0, 0.05) is 18.3 Å². The highest BCUT2D eigenvalue weighted by molar-refractivity contribution is 5.63. The number of methoxy groups -OCH3 is 1. The summed E-state index contributed by atoms with van der Waals surface area (Å²) in [6, 6.07) is 18.2. The third kappa shape index (κ3) is 4.97. The average Bonchev–Trinajstić information content (AvgIpc) is 2.66. The molecule has 0 aliphatic heterocycles. The number of hydrogen-bond donors (Lipinski definition) is 2. The Morgan fingerprint density at radius 3 is 2.37 bits per heavy atom. The topological polar surface area (TPSA) is 59.1 Å². The summed E-state index contributed by atoms with van der Waals surface area (Å²) in [5.74, 6) is 3.59. The van der Waals surface area contributed by atoms with Crippen molar-refractivity contribution in [2.75, 3.05) is 17.7 Å². The van der Waals surface area contributed by atoms with Crippen LogP contribution in [0.2, 0.25) is 0 Å². The minimum atomic E-state index is 0.435. The van der Waals surface area contributed by atoms with Crippen LogP contribution in [0.1, 0.15) is 36.7 Å². The van der Waals surface area contributed by atoms with Crippen LogP contribution in [-0.4, -0.2) is 17.1 Å². The van der Waals surface area contributed by atoms with Crippen molar-refractivity contribution < 1.29 is 4.74 Å². The molecular weight excluding hydrogens is 336 g/mol. The molecule has 0 fully saturated rings. The minimum absolute atomic E-state index is 0.435. The molecule has 0 radical (unpaired) electrons. The summed E-state index contributed by atoms with van der Waals surface area (Å²) in [6.45, 7) is 6.96. The molecule has 5 heteroatoms. The predicted molar refractivity (Wildman–Crippen MR) is 111 cm³/mol. The Morgan fingerprint density at radius 2 is 1.67 bits per heavy atom. The van der Waals surface area contributed by atoms with E-state index in [4.69, 9.17) is 4.74 Å². The maximum atomic E-state index is 5.20. The molecule has 1 aromatic heterocycles. The van der Waals surface area contributed by atoms with E-state index < -0.39 is 0 Å². The summed E-state index contributed by atoms with van der Waals surface area (Å²) in [5, 5.41) is 6.81. The van der Waals surface area contributed by atoms with Crippen LogP contribution >= 0.6 is 0 Å². The Labute approximate surface area is 160 Å². The van der Waals surface area contributed by atoms with Gasteiger partial charge in [0.15, 0.2) is 0 Å². The second-order valence-electron chi connectivity index (χ2n) is 6.75. The number of nitrogens with zero attached hydrogens (tertiary/aromatic N) is 2. The van der Waals surface area contributed by atoms with E-state index in [1.165, 1.54) is 5.56 Å². The van der Waals surface area contributed by atoms with Gasteiger partial charge in [0.2, 0.25) is 0 Å². The first kappa shape index (κ1) is 18.7. The van der Waals surface area contributed by atoms with Crippen molar-refractivity contribution in [2.45, 2.75) is 33.2 Å². The quantitative estimate of drug-likeness (QED) is 0.599. The average molecular weight is 362 g/mol. The van der Waals surface area contributed by atoms with Crippen LogP contribution in [0, 0.1) is 6.92 Å². The van der Waals surface area contributed by atoms with Crippen molar-refractivity contribution in [1.29, 1.82) is 0 Å². The molecule has 140 valence electrons. The molecule has 0 aliphatic rings. The highest BCUT2D eigenvalue weighted by Crippen LogP contribution is 2.27. The Hall–Kier alpha value is -3.08. The number of aromatic nitrogens is 2. The second kappa shape index (κ2) is 8.54. The summed E-state index contributed by atoms with van der Waals surface area (Å²) in [4.78, 5) is 9.02. The van der Waals surface area contributed by atoms with Gasteiger partial charge in [-0.05, 0) is 42.2 Å². The molecule has 0 saturated carbocycles. The van der Waals surface area contributed by atoms with Gasteiger partial charge >= 0.3 is 0 Å². The van der Waals surface area contributed by atoms with Crippen molar-refractivity contribution in [3.8, 4) is 5.75 Å². The smallest absolute Gasteiger partial charge is 0.136 e. The first-order valence-corrected chi connectivity index (χ1v) is 9.13. The van der Waals surface area contributed by atoms with E-state index in [0.29, 0.717) is 12.5 Å². The molecule has 0 saturated heterocycles. The third-order valence-electron chi connectivity index (χ3n) is 4.32. The Balaban J connectivity index is 1.74. The van der Waals surface area contributed by atoms with Gasteiger partial charge in [-0.2, -0.15) is 0 Å². The first-order valence-electron chi connectivity index (χ1n) is 9.13. The zero-order valence-corrected chi connectivity index (χ0v) is 16.3. The molecular formula is C22H26N4O. The number of nitrogens with one attached hydrogen (secondary N) is 2. The molecule has 3 rings (SSSR count). The lowest BCUT2D eigenvalue weighted by Gasteiger charge is -2.15. The van der Waals surface area contributed by atoms with Gasteiger partial charge < -0.3 is 15.4 Å². The number of ether oxygens (including phenoxy) is 1. The fraction of sp³-hybridized carbons (Fsp3) is 0.273. The number of benzene rings is 2. The van der Waals surface area contributed by atoms with Crippen LogP contribution in [0.5, 0.6) is 5.75 Å². The Kier molecular flexibility index (Phi) is 5.91. The zero-order chi connectivity index (χ0) is 19.2. The summed E-state index contributed by atoms with van der Waals surface area (Å²) in [6.07, 6.45) is 0. The van der Waals surface area contributed by atoms with Crippen LogP contribution in [0.15, 0.2) is 54.6 Å². The molecule has 0 spiro atoms. The molecule has 2 aromatic carbocycles. The summed E-state index contributed by atoms with van der Waals surface area (Å²) in [7, 11) is 1.67. The molecule has 1 heterocycles. The predicted octanol–water partition coefficient (Wildman–Crippen LogP) is 5.27. The molecule has 0 amide bonds. The van der Waals surface area contributed by atoms with E-state index in [1.54, 1.807) is 7.11 Å². The normalized spacial score (nSPS) is 10.7. The molecule has 0 aliphatic carbocycles. The first-order chi connectivity index (χ1) is 13.0. The fourth-order valence-electron chi connectivity index (χ4n) is 2.91. The molecule has 5 nitrogen and oxygen atoms in total. The van der Waals surface area contributed by atoms with Crippen LogP contribution < -0.4 is 15.4 Å². The van der Waals surface area contributed by atoms with Crippen molar-refractivity contribution in [3.05, 3.63) is 71.5 Å². The maximum absolute atomic E-state index is 5.20. The lowest BCUT2D eigenvalue weighted by atomic mass is 10.0. The molecule has 0 unspecified atom stereocenters. The van der Waals surface area contributed by atoms with E-state index in [9.17, 15) is 0 Å². The third-order valence-corrected chi connectivity index (χ3v) is 4.32. The van der Waals surface area contributed by atoms with Gasteiger partial charge in [-0.1, -0.05) is 44.2 Å². The molecule has 0 atom stereocenters. The number of aryl methyl sites for hydroxylation is 1. The molecule has 3 aromatic rings. The Morgan fingerprint density at radius 1 is 0.963 bits per heavy atom. The zero-order valence-electron chi connectivity index (χ0n) is 16.3. The summed E-state index contributed by atoms with van der Waals surface area (Å²) >= 11 is 0. The van der Waals surface area contributed by atoms with Crippen molar-refractivity contribution in [2.24, 2.45) is 0 Å². The molecule has 27 heavy (non-hydrogen) atoms. The van der Waals surface area contributed by atoms with E-state index in [1.807, 2.05) is 43.3 Å². The van der Waals surface area contributed by atoms with Gasteiger partial charge in [-0.15, -0.1) is 0 Å². The number of para-hydroxylation sites is 1. The van der Waals surface area contributed by atoms with E-state index in [0.717, 1.165) is 34.5 Å². The van der Waals surface area contributed by atoms with Crippen molar-refractivity contribution in [1.82, 2.24) is 9.97 Å². The van der Waals surface area contributed by atoms with Crippen LogP contribution in [0.25, 0.3) is 0 Å². The molecule has 2 N–H and O–H groups in total. The standard InChI is InChI=1S/C22H26N4O/c1-15(2)19-7-5-6-8-20(19)26-22-13-21(24-16(3)25-22)23-14-17-9-11-18(27-4)12-10-17/h5-13,15H,14H2,1-4H3,(H2,23,24,25,26). The van der Waals surface area contributed by atoms with Gasteiger partial charge in [0.05, 0.1) is 7.11 Å². The van der Waals surface area contributed by atoms with Crippen molar-refractivity contribution >= 4 is 17.3 Å².